The Morgan fingerprint density at radius 1 is 1.50 bits per heavy atom. The average Bonchev–Trinajstić information content (AvgIpc) is 2.47. The zero-order valence-corrected chi connectivity index (χ0v) is 11.5. The quantitative estimate of drug-likeness (QED) is 0.868. The van der Waals surface area contributed by atoms with Gasteiger partial charge in [0.25, 0.3) is 5.91 Å². The van der Waals surface area contributed by atoms with Gasteiger partial charge in [0.2, 0.25) is 5.91 Å². The molecule has 0 spiro atoms. The average molecular weight is 277 g/mol. The third-order valence-electron chi connectivity index (χ3n) is 3.46. The van der Waals surface area contributed by atoms with Gasteiger partial charge in [-0.3, -0.25) is 9.59 Å². The molecule has 1 aliphatic rings. The fourth-order valence-electron chi connectivity index (χ4n) is 2.39. The van der Waals surface area contributed by atoms with E-state index in [9.17, 15) is 9.59 Å². The monoisotopic (exact) mass is 277 g/mol. The molecule has 20 heavy (non-hydrogen) atoms. The molecule has 1 aromatic rings. The first-order chi connectivity index (χ1) is 9.61. The summed E-state index contributed by atoms with van der Waals surface area (Å²) in [6, 6.07) is 3.11. The van der Waals surface area contributed by atoms with Crippen molar-refractivity contribution >= 4 is 17.5 Å². The van der Waals surface area contributed by atoms with Crippen molar-refractivity contribution in [2.24, 2.45) is 11.7 Å². The van der Waals surface area contributed by atoms with Crippen LogP contribution >= 0.6 is 0 Å². The first-order valence-corrected chi connectivity index (χ1v) is 6.80. The topological polar surface area (TPSA) is 94.3 Å². The number of primary amides is 1. The number of rotatable bonds is 4. The van der Waals surface area contributed by atoms with Crippen LogP contribution in [0.1, 0.15) is 36.7 Å². The van der Waals surface area contributed by atoms with Crippen LogP contribution < -0.4 is 11.1 Å². The second kappa shape index (κ2) is 6.47. The van der Waals surface area contributed by atoms with Crippen molar-refractivity contribution in [1.29, 1.82) is 0 Å². The van der Waals surface area contributed by atoms with Crippen molar-refractivity contribution in [3.05, 3.63) is 24.0 Å². The summed E-state index contributed by atoms with van der Waals surface area (Å²) in [5, 5.41) is 2.81. The molecule has 2 amide bonds. The number of carbonyl (C=O) groups is 2. The van der Waals surface area contributed by atoms with E-state index in [4.69, 9.17) is 10.5 Å². The summed E-state index contributed by atoms with van der Waals surface area (Å²) >= 11 is 0. The minimum atomic E-state index is -0.588. The van der Waals surface area contributed by atoms with Crippen molar-refractivity contribution in [2.45, 2.75) is 32.3 Å². The highest BCUT2D eigenvalue weighted by atomic mass is 16.5. The maximum atomic E-state index is 12.2. The molecule has 0 aliphatic carbocycles. The Hall–Kier alpha value is -1.95. The first-order valence-electron chi connectivity index (χ1n) is 6.80. The molecule has 6 nitrogen and oxygen atoms in total. The number of anilines is 1. The summed E-state index contributed by atoms with van der Waals surface area (Å²) in [5.41, 5.74) is 5.85. The van der Waals surface area contributed by atoms with Gasteiger partial charge in [-0.25, -0.2) is 4.98 Å². The lowest BCUT2D eigenvalue weighted by Crippen LogP contribution is -2.37. The van der Waals surface area contributed by atoms with Crippen LogP contribution in [0.4, 0.5) is 5.69 Å². The lowest BCUT2D eigenvalue weighted by atomic mass is 9.92. The number of hydrogen-bond acceptors (Lipinski definition) is 4. The van der Waals surface area contributed by atoms with Gasteiger partial charge in [-0.15, -0.1) is 0 Å². The third-order valence-corrected chi connectivity index (χ3v) is 3.46. The summed E-state index contributed by atoms with van der Waals surface area (Å²) in [4.78, 5) is 27.1. The van der Waals surface area contributed by atoms with Crippen molar-refractivity contribution < 1.29 is 14.3 Å². The normalized spacial score (nSPS) is 22.2. The fraction of sp³-hybridized carbons (Fsp3) is 0.500. The Bertz CT molecular complexity index is 487. The first kappa shape index (κ1) is 14.5. The molecule has 6 heteroatoms. The third kappa shape index (κ3) is 3.33. The van der Waals surface area contributed by atoms with Gasteiger partial charge < -0.3 is 15.8 Å². The van der Waals surface area contributed by atoms with Gasteiger partial charge in [0.05, 0.1) is 23.9 Å². The Morgan fingerprint density at radius 3 is 2.90 bits per heavy atom. The van der Waals surface area contributed by atoms with Crippen LogP contribution in [0.5, 0.6) is 0 Å². The molecule has 1 fully saturated rings. The predicted octanol–water partition coefficient (Wildman–Crippen LogP) is 1.32. The molecule has 1 aromatic heterocycles. The second-order valence-electron chi connectivity index (χ2n) is 4.85. The molecule has 0 radical (unpaired) electrons. The largest absolute Gasteiger partial charge is 0.377 e. The predicted molar refractivity (Wildman–Crippen MR) is 74.1 cm³/mol. The van der Waals surface area contributed by atoms with Crippen LogP contribution in [0.3, 0.4) is 0 Å². The molecular formula is C14H19N3O3. The number of nitrogens with one attached hydrogen (secondary N) is 1. The number of aromatic nitrogens is 1. The molecule has 1 aliphatic heterocycles. The van der Waals surface area contributed by atoms with E-state index in [1.807, 2.05) is 6.92 Å². The molecular weight excluding hydrogens is 258 g/mol. The van der Waals surface area contributed by atoms with Gasteiger partial charge in [-0.1, -0.05) is 6.92 Å². The fourth-order valence-corrected chi connectivity index (χ4v) is 2.39. The molecule has 2 rings (SSSR count). The molecule has 0 bridgehead atoms. The minimum Gasteiger partial charge on any atom is -0.377 e. The minimum absolute atomic E-state index is 0.0263. The van der Waals surface area contributed by atoms with E-state index in [-0.39, 0.29) is 23.6 Å². The number of nitrogens with zero attached hydrogens (tertiary/aromatic N) is 1. The Kier molecular flexibility index (Phi) is 4.68. The van der Waals surface area contributed by atoms with Crippen LogP contribution in [0.2, 0.25) is 0 Å². The number of ether oxygens (including phenoxy) is 1. The van der Waals surface area contributed by atoms with Crippen LogP contribution in [-0.2, 0) is 9.53 Å². The van der Waals surface area contributed by atoms with Gasteiger partial charge in [-0.2, -0.15) is 0 Å². The van der Waals surface area contributed by atoms with Gasteiger partial charge in [0, 0.05) is 6.61 Å². The highest BCUT2D eigenvalue weighted by Crippen LogP contribution is 2.24. The van der Waals surface area contributed by atoms with Crippen molar-refractivity contribution in [1.82, 2.24) is 4.98 Å². The zero-order chi connectivity index (χ0) is 14.5. The maximum absolute atomic E-state index is 12.2. The Labute approximate surface area is 117 Å². The maximum Gasteiger partial charge on any atom is 0.267 e. The van der Waals surface area contributed by atoms with Crippen molar-refractivity contribution in [3.63, 3.8) is 0 Å². The van der Waals surface area contributed by atoms with Crippen LogP contribution in [0, 0.1) is 5.92 Å². The standard InChI is InChI=1S/C14H19N3O3/c1-2-12-10(4-3-7-20-12)14(19)17-9-5-6-11(13(15)18)16-8-9/h5-6,8,10,12H,2-4,7H2,1H3,(H2,15,18)(H,17,19). The van der Waals surface area contributed by atoms with Crippen LogP contribution in [-0.4, -0.2) is 29.5 Å². The van der Waals surface area contributed by atoms with E-state index >= 15 is 0 Å². The van der Waals surface area contributed by atoms with Crippen molar-refractivity contribution in [3.8, 4) is 0 Å². The zero-order valence-electron chi connectivity index (χ0n) is 11.5. The summed E-state index contributed by atoms with van der Waals surface area (Å²) < 4.78 is 5.61. The van der Waals surface area contributed by atoms with E-state index in [2.05, 4.69) is 10.3 Å². The molecule has 2 atom stereocenters. The van der Waals surface area contributed by atoms with Gasteiger partial charge in [0.15, 0.2) is 0 Å². The van der Waals surface area contributed by atoms with E-state index in [1.54, 1.807) is 6.07 Å². The molecule has 2 unspecified atom stereocenters. The lowest BCUT2D eigenvalue weighted by Gasteiger charge is -2.30. The Balaban J connectivity index is 2.01. The summed E-state index contributed by atoms with van der Waals surface area (Å²) in [5.74, 6) is -0.788. The Morgan fingerprint density at radius 2 is 2.30 bits per heavy atom. The number of amides is 2. The van der Waals surface area contributed by atoms with Gasteiger partial charge >= 0.3 is 0 Å². The number of carbonyl (C=O) groups excluding carboxylic acids is 2. The van der Waals surface area contributed by atoms with E-state index in [0.717, 1.165) is 25.9 Å². The number of hydrogen-bond donors (Lipinski definition) is 2. The van der Waals surface area contributed by atoms with E-state index in [0.29, 0.717) is 5.69 Å². The highest BCUT2D eigenvalue weighted by molar-refractivity contribution is 5.94. The molecule has 0 saturated carbocycles. The molecule has 3 N–H and O–H groups in total. The smallest absolute Gasteiger partial charge is 0.267 e. The van der Waals surface area contributed by atoms with Crippen molar-refractivity contribution in [2.75, 3.05) is 11.9 Å². The number of nitrogens with two attached hydrogens (primary N) is 1. The summed E-state index contributed by atoms with van der Waals surface area (Å²) in [7, 11) is 0. The highest BCUT2D eigenvalue weighted by Gasteiger charge is 2.30. The van der Waals surface area contributed by atoms with Crippen LogP contribution in [0.25, 0.3) is 0 Å². The van der Waals surface area contributed by atoms with E-state index in [1.165, 1.54) is 12.3 Å². The summed E-state index contributed by atoms with van der Waals surface area (Å²) in [6.07, 6.45) is 3.95. The second-order valence-corrected chi connectivity index (χ2v) is 4.85. The summed E-state index contributed by atoms with van der Waals surface area (Å²) in [6.45, 7) is 2.73. The van der Waals surface area contributed by atoms with E-state index < -0.39 is 5.91 Å². The van der Waals surface area contributed by atoms with Gasteiger partial charge in [-0.05, 0) is 31.4 Å². The van der Waals surface area contributed by atoms with Gasteiger partial charge in [0.1, 0.15) is 5.69 Å². The van der Waals surface area contributed by atoms with Crippen LogP contribution in [0.15, 0.2) is 18.3 Å². The molecule has 0 aromatic carbocycles. The molecule has 108 valence electrons. The number of pyridine rings is 1. The SMILES string of the molecule is CCC1OCCCC1C(=O)Nc1ccc(C(N)=O)nc1. The lowest BCUT2D eigenvalue weighted by molar-refractivity contribution is -0.129. The molecule has 2 heterocycles. The molecule has 1 saturated heterocycles.